The molecular formula is C17H20N2O2. The summed E-state index contributed by atoms with van der Waals surface area (Å²) < 4.78 is 5.10. The predicted octanol–water partition coefficient (Wildman–Crippen LogP) is 2.65. The van der Waals surface area contributed by atoms with E-state index in [4.69, 9.17) is 10.5 Å². The topological polar surface area (TPSA) is 64.3 Å². The molecule has 0 saturated carbocycles. The molecule has 2 rings (SSSR count). The van der Waals surface area contributed by atoms with Crippen LogP contribution in [0, 0.1) is 6.92 Å². The first-order valence-electron chi connectivity index (χ1n) is 6.81. The van der Waals surface area contributed by atoms with Gasteiger partial charge in [-0.3, -0.25) is 4.79 Å². The largest absolute Gasteiger partial charge is 0.399 e. The molecule has 0 aliphatic carbocycles. The van der Waals surface area contributed by atoms with E-state index in [0.29, 0.717) is 24.4 Å². The van der Waals surface area contributed by atoms with Gasteiger partial charge in [0.15, 0.2) is 0 Å². The fourth-order valence-electron chi connectivity index (χ4n) is 2.10. The zero-order valence-electron chi connectivity index (χ0n) is 12.3. The standard InChI is InChI=1S/C17H20N2O2/c1-12-8-15(6-7-16(12)18)17(20)19-10-13-4-3-5-14(9-13)11-21-2/h3-9H,10-11,18H2,1-2H3,(H,19,20). The summed E-state index contributed by atoms with van der Waals surface area (Å²) in [5.74, 6) is -0.102. The molecule has 0 heterocycles. The molecule has 0 radical (unpaired) electrons. The Bertz CT molecular complexity index is 638. The van der Waals surface area contributed by atoms with E-state index >= 15 is 0 Å². The zero-order valence-corrected chi connectivity index (χ0v) is 12.3. The Balaban J connectivity index is 2.00. The minimum absolute atomic E-state index is 0.102. The summed E-state index contributed by atoms with van der Waals surface area (Å²) >= 11 is 0. The van der Waals surface area contributed by atoms with Crippen molar-refractivity contribution in [3.63, 3.8) is 0 Å². The van der Waals surface area contributed by atoms with E-state index in [1.807, 2.05) is 31.2 Å². The summed E-state index contributed by atoms with van der Waals surface area (Å²) in [4.78, 5) is 12.1. The van der Waals surface area contributed by atoms with E-state index in [1.165, 1.54) is 0 Å². The lowest BCUT2D eigenvalue weighted by Gasteiger charge is -2.08. The van der Waals surface area contributed by atoms with Crippen LogP contribution in [0.25, 0.3) is 0 Å². The number of nitrogens with one attached hydrogen (secondary N) is 1. The van der Waals surface area contributed by atoms with Crippen LogP contribution in [0.2, 0.25) is 0 Å². The zero-order chi connectivity index (χ0) is 15.2. The molecule has 4 nitrogen and oxygen atoms in total. The molecule has 0 aromatic heterocycles. The van der Waals surface area contributed by atoms with Gasteiger partial charge in [0.1, 0.15) is 0 Å². The van der Waals surface area contributed by atoms with Gasteiger partial charge in [-0.2, -0.15) is 0 Å². The maximum atomic E-state index is 12.1. The molecule has 3 N–H and O–H groups in total. The van der Waals surface area contributed by atoms with Crippen molar-refractivity contribution in [2.75, 3.05) is 12.8 Å². The first kappa shape index (κ1) is 15.1. The molecule has 110 valence electrons. The molecule has 0 atom stereocenters. The van der Waals surface area contributed by atoms with E-state index in [0.717, 1.165) is 16.7 Å². The van der Waals surface area contributed by atoms with Crippen LogP contribution >= 0.6 is 0 Å². The Morgan fingerprint density at radius 1 is 1.19 bits per heavy atom. The number of nitrogen functional groups attached to an aromatic ring is 1. The van der Waals surface area contributed by atoms with Crippen molar-refractivity contribution in [1.29, 1.82) is 0 Å². The number of methoxy groups -OCH3 is 1. The molecule has 0 aliphatic rings. The number of ether oxygens (including phenoxy) is 1. The third kappa shape index (κ3) is 4.07. The van der Waals surface area contributed by atoms with Crippen LogP contribution < -0.4 is 11.1 Å². The molecule has 2 aromatic carbocycles. The molecule has 21 heavy (non-hydrogen) atoms. The van der Waals surface area contributed by atoms with E-state index < -0.39 is 0 Å². The fraction of sp³-hybridized carbons (Fsp3) is 0.235. The number of benzene rings is 2. The third-order valence-electron chi connectivity index (χ3n) is 3.29. The SMILES string of the molecule is COCc1cccc(CNC(=O)c2ccc(N)c(C)c2)c1. The van der Waals surface area contributed by atoms with Crippen LogP contribution in [0.4, 0.5) is 5.69 Å². The van der Waals surface area contributed by atoms with E-state index in [2.05, 4.69) is 5.32 Å². The molecule has 0 saturated heterocycles. The number of nitrogens with two attached hydrogens (primary N) is 1. The van der Waals surface area contributed by atoms with Crippen molar-refractivity contribution >= 4 is 11.6 Å². The summed E-state index contributed by atoms with van der Waals surface area (Å²) in [6.07, 6.45) is 0. The molecule has 0 bridgehead atoms. The van der Waals surface area contributed by atoms with Crippen molar-refractivity contribution in [2.24, 2.45) is 0 Å². The average Bonchev–Trinajstić information content (AvgIpc) is 2.48. The van der Waals surface area contributed by atoms with Crippen molar-refractivity contribution in [3.8, 4) is 0 Å². The number of hydrogen-bond donors (Lipinski definition) is 2. The average molecular weight is 284 g/mol. The number of carbonyl (C=O) groups is 1. The first-order valence-corrected chi connectivity index (χ1v) is 6.81. The monoisotopic (exact) mass is 284 g/mol. The van der Waals surface area contributed by atoms with Gasteiger partial charge >= 0.3 is 0 Å². The second-order valence-electron chi connectivity index (χ2n) is 5.01. The van der Waals surface area contributed by atoms with Crippen LogP contribution in [0.1, 0.15) is 27.0 Å². The second kappa shape index (κ2) is 6.90. The fourth-order valence-corrected chi connectivity index (χ4v) is 2.10. The smallest absolute Gasteiger partial charge is 0.251 e. The van der Waals surface area contributed by atoms with Crippen LogP contribution in [0.15, 0.2) is 42.5 Å². The lowest BCUT2D eigenvalue weighted by molar-refractivity contribution is 0.0951. The molecule has 1 amide bonds. The van der Waals surface area contributed by atoms with Gasteiger partial charge in [0.25, 0.3) is 5.91 Å². The van der Waals surface area contributed by atoms with Crippen LogP contribution in [-0.2, 0) is 17.9 Å². The van der Waals surface area contributed by atoms with E-state index in [-0.39, 0.29) is 5.91 Å². The molecule has 0 unspecified atom stereocenters. The van der Waals surface area contributed by atoms with Crippen molar-refractivity contribution < 1.29 is 9.53 Å². The number of hydrogen-bond acceptors (Lipinski definition) is 3. The highest BCUT2D eigenvalue weighted by atomic mass is 16.5. The molecule has 0 aliphatic heterocycles. The van der Waals surface area contributed by atoms with Gasteiger partial charge in [-0.25, -0.2) is 0 Å². The van der Waals surface area contributed by atoms with Gasteiger partial charge in [0.2, 0.25) is 0 Å². The summed E-state index contributed by atoms with van der Waals surface area (Å²) in [7, 11) is 1.66. The van der Waals surface area contributed by atoms with Crippen molar-refractivity contribution in [3.05, 3.63) is 64.7 Å². The van der Waals surface area contributed by atoms with Crippen LogP contribution in [-0.4, -0.2) is 13.0 Å². The highest BCUT2D eigenvalue weighted by molar-refractivity contribution is 5.94. The minimum Gasteiger partial charge on any atom is -0.399 e. The summed E-state index contributed by atoms with van der Waals surface area (Å²) in [6.45, 7) is 2.94. The van der Waals surface area contributed by atoms with Crippen molar-refractivity contribution in [1.82, 2.24) is 5.32 Å². The van der Waals surface area contributed by atoms with Gasteiger partial charge in [-0.1, -0.05) is 24.3 Å². The summed E-state index contributed by atoms with van der Waals surface area (Å²) in [5, 5.41) is 2.91. The van der Waals surface area contributed by atoms with Crippen LogP contribution in [0.5, 0.6) is 0 Å². The molecule has 2 aromatic rings. The summed E-state index contributed by atoms with van der Waals surface area (Å²) in [6, 6.07) is 13.3. The van der Waals surface area contributed by atoms with Gasteiger partial charge < -0.3 is 15.8 Å². The Morgan fingerprint density at radius 3 is 2.67 bits per heavy atom. The maximum Gasteiger partial charge on any atom is 0.251 e. The van der Waals surface area contributed by atoms with E-state index in [9.17, 15) is 4.79 Å². The normalized spacial score (nSPS) is 10.4. The summed E-state index contributed by atoms with van der Waals surface area (Å²) in [5.41, 5.74) is 10.1. The number of anilines is 1. The Labute approximate surface area is 124 Å². The molecular weight excluding hydrogens is 264 g/mol. The second-order valence-corrected chi connectivity index (χ2v) is 5.01. The predicted molar refractivity (Wildman–Crippen MR) is 83.9 cm³/mol. The first-order chi connectivity index (χ1) is 10.1. The highest BCUT2D eigenvalue weighted by Crippen LogP contribution is 2.13. The Hall–Kier alpha value is -2.33. The molecule has 0 fully saturated rings. The highest BCUT2D eigenvalue weighted by Gasteiger charge is 2.06. The lowest BCUT2D eigenvalue weighted by atomic mass is 10.1. The Kier molecular flexibility index (Phi) is 4.95. The maximum absolute atomic E-state index is 12.1. The van der Waals surface area contributed by atoms with Gasteiger partial charge in [-0.15, -0.1) is 0 Å². The number of rotatable bonds is 5. The number of amides is 1. The minimum atomic E-state index is -0.102. The molecule has 4 heteroatoms. The van der Waals surface area contributed by atoms with Crippen LogP contribution in [0.3, 0.4) is 0 Å². The lowest BCUT2D eigenvalue weighted by Crippen LogP contribution is -2.23. The van der Waals surface area contributed by atoms with Gasteiger partial charge in [0, 0.05) is 24.9 Å². The van der Waals surface area contributed by atoms with Gasteiger partial charge in [0.05, 0.1) is 6.61 Å². The van der Waals surface area contributed by atoms with E-state index in [1.54, 1.807) is 25.3 Å². The van der Waals surface area contributed by atoms with Crippen molar-refractivity contribution in [2.45, 2.75) is 20.1 Å². The number of carbonyl (C=O) groups excluding carboxylic acids is 1. The van der Waals surface area contributed by atoms with Gasteiger partial charge in [-0.05, 0) is 41.8 Å². The third-order valence-corrected chi connectivity index (χ3v) is 3.29. The number of aryl methyl sites for hydroxylation is 1. The molecule has 0 spiro atoms. The Morgan fingerprint density at radius 2 is 1.95 bits per heavy atom. The quantitative estimate of drug-likeness (QED) is 0.830.